The molecule has 3 nitrogen and oxygen atoms in total. The van der Waals surface area contributed by atoms with Crippen molar-refractivity contribution in [2.24, 2.45) is 0 Å². The highest BCUT2D eigenvalue weighted by molar-refractivity contribution is 6.07. The number of carbonyl (C=O) groups is 1. The second-order valence-electron chi connectivity index (χ2n) is 4.54. The van der Waals surface area contributed by atoms with E-state index in [1.165, 1.54) is 0 Å². The molecule has 1 aromatic carbocycles. The molecule has 3 rings (SSSR count). The van der Waals surface area contributed by atoms with E-state index in [4.69, 9.17) is 4.74 Å². The fraction of sp³-hybridized carbons (Fsp3) is 0.357. The summed E-state index contributed by atoms with van der Waals surface area (Å²) in [5.41, 5.74) is 1.95. The van der Waals surface area contributed by atoms with Crippen LogP contribution in [0.3, 0.4) is 0 Å². The third kappa shape index (κ3) is 1.67. The molecule has 1 atom stereocenters. The van der Waals surface area contributed by atoms with Gasteiger partial charge in [-0.05, 0) is 19.4 Å². The first-order valence-corrected chi connectivity index (χ1v) is 5.95. The molecule has 17 heavy (non-hydrogen) atoms. The summed E-state index contributed by atoms with van der Waals surface area (Å²) in [4.78, 5) is 11.6. The highest BCUT2D eigenvalue weighted by Crippen LogP contribution is 2.28. The van der Waals surface area contributed by atoms with Gasteiger partial charge in [0.15, 0.2) is 5.78 Å². The van der Waals surface area contributed by atoms with Gasteiger partial charge >= 0.3 is 0 Å². The minimum absolute atomic E-state index is 0.124. The van der Waals surface area contributed by atoms with Gasteiger partial charge in [0.2, 0.25) is 0 Å². The quantitative estimate of drug-likeness (QED) is 0.741. The van der Waals surface area contributed by atoms with E-state index in [-0.39, 0.29) is 5.78 Å². The largest absolute Gasteiger partial charge is 0.379 e. The molecule has 0 spiro atoms. The van der Waals surface area contributed by atoms with E-state index in [0.717, 1.165) is 36.1 Å². The number of Topliss-reactive ketones (excluding diaryl/α,β-unsaturated/α-hetero) is 1. The molecule has 0 saturated carbocycles. The van der Waals surface area contributed by atoms with Gasteiger partial charge in [-0.25, -0.2) is 0 Å². The molecule has 2 heterocycles. The molecule has 2 aromatic rings. The number of hydrogen-bond donors (Lipinski definition) is 0. The maximum absolute atomic E-state index is 11.6. The number of para-hydroxylation sites is 1. The zero-order valence-corrected chi connectivity index (χ0v) is 9.85. The average molecular weight is 229 g/mol. The number of fused-ring (bicyclic) bond motifs is 1. The van der Waals surface area contributed by atoms with Gasteiger partial charge in [-0.1, -0.05) is 18.2 Å². The number of aromatic nitrogens is 1. The molecule has 0 aliphatic carbocycles. The molecule has 0 unspecified atom stereocenters. The van der Waals surface area contributed by atoms with Crippen LogP contribution in [-0.2, 0) is 4.74 Å². The molecule has 3 heteroatoms. The average Bonchev–Trinajstić information content (AvgIpc) is 2.95. The van der Waals surface area contributed by atoms with Crippen LogP contribution >= 0.6 is 0 Å². The Labute approximate surface area is 100.0 Å². The van der Waals surface area contributed by atoms with Crippen molar-refractivity contribution in [2.75, 3.05) is 13.2 Å². The Morgan fingerprint density at radius 1 is 1.41 bits per heavy atom. The van der Waals surface area contributed by atoms with Gasteiger partial charge in [0.1, 0.15) is 0 Å². The monoisotopic (exact) mass is 229 g/mol. The minimum Gasteiger partial charge on any atom is -0.379 e. The number of ketones is 1. The predicted octanol–water partition coefficient (Wildman–Crippen LogP) is 2.81. The van der Waals surface area contributed by atoms with Gasteiger partial charge in [0.05, 0.1) is 12.6 Å². The Hall–Kier alpha value is -1.61. The van der Waals surface area contributed by atoms with Gasteiger partial charge in [-0.2, -0.15) is 0 Å². The summed E-state index contributed by atoms with van der Waals surface area (Å²) >= 11 is 0. The highest BCUT2D eigenvalue weighted by atomic mass is 16.5. The van der Waals surface area contributed by atoms with Crippen LogP contribution in [-0.4, -0.2) is 23.6 Å². The molecule has 1 aliphatic rings. The van der Waals surface area contributed by atoms with Crippen LogP contribution in [0.5, 0.6) is 0 Å². The van der Waals surface area contributed by atoms with Crippen LogP contribution in [0.25, 0.3) is 10.9 Å². The normalized spacial score (nSPS) is 19.9. The lowest BCUT2D eigenvalue weighted by atomic mass is 10.1. The van der Waals surface area contributed by atoms with E-state index < -0.39 is 0 Å². The summed E-state index contributed by atoms with van der Waals surface area (Å²) in [5, 5.41) is 1.05. The first kappa shape index (κ1) is 10.5. The lowest BCUT2D eigenvalue weighted by Crippen LogP contribution is -2.07. The van der Waals surface area contributed by atoms with Gasteiger partial charge in [0.25, 0.3) is 0 Å². The van der Waals surface area contributed by atoms with Crippen LogP contribution in [0.1, 0.15) is 29.7 Å². The molecule has 0 bridgehead atoms. The van der Waals surface area contributed by atoms with Crippen molar-refractivity contribution in [2.45, 2.75) is 19.4 Å². The van der Waals surface area contributed by atoms with E-state index >= 15 is 0 Å². The molecule has 0 N–H and O–H groups in total. The smallest absolute Gasteiger partial charge is 0.161 e. The van der Waals surface area contributed by atoms with Crippen molar-refractivity contribution in [3.8, 4) is 0 Å². The lowest BCUT2D eigenvalue weighted by Gasteiger charge is -2.11. The fourth-order valence-corrected chi connectivity index (χ4v) is 2.53. The summed E-state index contributed by atoms with van der Waals surface area (Å²) in [7, 11) is 0. The Morgan fingerprint density at radius 2 is 2.24 bits per heavy atom. The Balaban J connectivity index is 2.20. The van der Waals surface area contributed by atoms with Crippen LogP contribution in [0.2, 0.25) is 0 Å². The Kier molecular flexibility index (Phi) is 2.48. The molecule has 1 aromatic heterocycles. The molecular formula is C14H15NO2. The van der Waals surface area contributed by atoms with Crippen LogP contribution in [0.4, 0.5) is 0 Å². The first-order valence-electron chi connectivity index (χ1n) is 5.95. The molecule has 1 aliphatic heterocycles. The van der Waals surface area contributed by atoms with Crippen molar-refractivity contribution < 1.29 is 9.53 Å². The van der Waals surface area contributed by atoms with Gasteiger partial charge in [-0.15, -0.1) is 0 Å². The minimum atomic E-state index is 0.124. The molecule has 0 radical (unpaired) electrons. The van der Waals surface area contributed by atoms with E-state index in [2.05, 4.69) is 10.6 Å². The fourth-order valence-electron chi connectivity index (χ4n) is 2.53. The van der Waals surface area contributed by atoms with Crippen molar-refractivity contribution in [1.82, 2.24) is 4.57 Å². The van der Waals surface area contributed by atoms with Crippen LogP contribution in [0, 0.1) is 0 Å². The highest BCUT2D eigenvalue weighted by Gasteiger charge is 2.21. The van der Waals surface area contributed by atoms with Crippen molar-refractivity contribution in [3.63, 3.8) is 0 Å². The van der Waals surface area contributed by atoms with E-state index in [0.29, 0.717) is 6.04 Å². The number of hydrogen-bond acceptors (Lipinski definition) is 2. The molecule has 1 saturated heterocycles. The maximum Gasteiger partial charge on any atom is 0.161 e. The number of carbonyl (C=O) groups excluding carboxylic acids is 1. The second kappa shape index (κ2) is 4.00. The summed E-state index contributed by atoms with van der Waals surface area (Å²) in [6.45, 7) is 3.18. The number of rotatable bonds is 2. The number of ether oxygens (including phenoxy) is 1. The first-order chi connectivity index (χ1) is 8.27. The SMILES string of the molecule is CC(=O)c1cn([C@H]2CCOC2)c2ccccc12. The number of benzene rings is 1. The number of nitrogens with zero attached hydrogens (tertiary/aromatic N) is 1. The van der Waals surface area contributed by atoms with Crippen molar-refractivity contribution in [1.29, 1.82) is 0 Å². The zero-order valence-electron chi connectivity index (χ0n) is 9.85. The lowest BCUT2D eigenvalue weighted by molar-refractivity contribution is 0.101. The van der Waals surface area contributed by atoms with Gasteiger partial charge in [-0.3, -0.25) is 4.79 Å². The Bertz CT molecular complexity index is 565. The third-order valence-corrected chi connectivity index (χ3v) is 3.42. The Morgan fingerprint density at radius 3 is 2.94 bits per heavy atom. The molecular weight excluding hydrogens is 214 g/mol. The van der Waals surface area contributed by atoms with Crippen LogP contribution < -0.4 is 0 Å². The van der Waals surface area contributed by atoms with Gasteiger partial charge < -0.3 is 9.30 Å². The summed E-state index contributed by atoms with van der Waals surface area (Å²) in [6.07, 6.45) is 3.00. The van der Waals surface area contributed by atoms with Gasteiger partial charge in [0, 0.05) is 29.3 Å². The summed E-state index contributed by atoms with van der Waals surface area (Å²) in [5.74, 6) is 0.124. The van der Waals surface area contributed by atoms with E-state index in [1.807, 2.05) is 24.4 Å². The predicted molar refractivity (Wildman–Crippen MR) is 66.4 cm³/mol. The van der Waals surface area contributed by atoms with E-state index in [9.17, 15) is 4.79 Å². The second-order valence-corrected chi connectivity index (χ2v) is 4.54. The summed E-state index contributed by atoms with van der Waals surface area (Å²) in [6, 6.07) is 8.44. The third-order valence-electron chi connectivity index (χ3n) is 3.42. The molecule has 88 valence electrons. The van der Waals surface area contributed by atoms with Crippen LogP contribution in [0.15, 0.2) is 30.5 Å². The standard InChI is InChI=1S/C14H15NO2/c1-10(16)13-8-15(11-6-7-17-9-11)14-5-3-2-4-12(13)14/h2-5,8,11H,6-7,9H2,1H3/t11-/m0/s1. The molecule has 1 fully saturated rings. The topological polar surface area (TPSA) is 31.2 Å². The molecule has 0 amide bonds. The maximum atomic E-state index is 11.6. The van der Waals surface area contributed by atoms with Crippen molar-refractivity contribution >= 4 is 16.7 Å². The zero-order chi connectivity index (χ0) is 11.8. The summed E-state index contributed by atoms with van der Waals surface area (Å²) < 4.78 is 7.62. The van der Waals surface area contributed by atoms with E-state index in [1.54, 1.807) is 6.92 Å². The van der Waals surface area contributed by atoms with Crippen molar-refractivity contribution in [3.05, 3.63) is 36.0 Å².